The van der Waals surface area contributed by atoms with Crippen LogP contribution in [-0.4, -0.2) is 36.9 Å². The predicted octanol–water partition coefficient (Wildman–Crippen LogP) is 3.44. The van der Waals surface area contributed by atoms with Gasteiger partial charge in [0.25, 0.3) is 20.2 Å². The second kappa shape index (κ2) is 11.4. The lowest BCUT2D eigenvalue weighted by Gasteiger charge is -2.11. The van der Waals surface area contributed by atoms with Crippen molar-refractivity contribution in [1.82, 2.24) is 0 Å². The Kier molecular flexibility index (Phi) is 11.3. The summed E-state index contributed by atoms with van der Waals surface area (Å²) in [5.41, 5.74) is 0. The summed E-state index contributed by atoms with van der Waals surface area (Å²) in [7, 11) is -8.86. The Bertz CT molecular complexity index is 470. The molecule has 8 heteroatoms. The molecule has 0 aromatic heterocycles. The average molecular weight is 359 g/mol. The van der Waals surface area contributed by atoms with Crippen LogP contribution in [-0.2, 0) is 20.2 Å². The van der Waals surface area contributed by atoms with Gasteiger partial charge in [0.05, 0.1) is 5.75 Å². The van der Waals surface area contributed by atoms with Crippen molar-refractivity contribution in [2.24, 2.45) is 0 Å². The molecule has 6 nitrogen and oxygen atoms in total. The third kappa shape index (κ3) is 13.5. The minimum atomic E-state index is -4.45. The third-order valence-corrected chi connectivity index (χ3v) is 5.98. The fraction of sp³-hybridized carbons (Fsp3) is 1.00. The Balaban J connectivity index is 3.78. The highest BCUT2D eigenvalue weighted by Crippen LogP contribution is 2.15. The summed E-state index contributed by atoms with van der Waals surface area (Å²) >= 11 is 0. The zero-order chi connectivity index (χ0) is 17.1. The Hall–Kier alpha value is -0.180. The Morgan fingerprint density at radius 2 is 1.14 bits per heavy atom. The van der Waals surface area contributed by atoms with Gasteiger partial charge in [0.1, 0.15) is 5.25 Å². The molecule has 0 rings (SSSR count). The van der Waals surface area contributed by atoms with E-state index in [1.165, 1.54) is 32.1 Å². The van der Waals surface area contributed by atoms with Crippen molar-refractivity contribution in [2.75, 3.05) is 5.75 Å². The van der Waals surface area contributed by atoms with Crippen molar-refractivity contribution in [3.8, 4) is 0 Å². The van der Waals surface area contributed by atoms with Crippen LogP contribution in [0.5, 0.6) is 0 Å². The van der Waals surface area contributed by atoms with Gasteiger partial charge in [-0.2, -0.15) is 16.8 Å². The molecule has 134 valence electrons. The molecule has 0 aliphatic carbocycles. The van der Waals surface area contributed by atoms with E-state index in [-0.39, 0.29) is 6.42 Å². The van der Waals surface area contributed by atoms with Gasteiger partial charge in [-0.15, -0.1) is 0 Å². The zero-order valence-corrected chi connectivity index (χ0v) is 15.0. The largest absolute Gasteiger partial charge is 0.286 e. The smallest absolute Gasteiger partial charge is 0.268 e. The first kappa shape index (κ1) is 21.8. The molecule has 0 aromatic rings. The number of rotatable bonds is 14. The van der Waals surface area contributed by atoms with Crippen LogP contribution in [0.4, 0.5) is 0 Å². The topological polar surface area (TPSA) is 109 Å². The molecular weight excluding hydrogens is 328 g/mol. The fourth-order valence-electron chi connectivity index (χ4n) is 2.41. The first-order valence-corrected chi connectivity index (χ1v) is 11.2. The number of hydrogen-bond donors (Lipinski definition) is 2. The lowest BCUT2D eigenvalue weighted by atomic mass is 10.1. The van der Waals surface area contributed by atoms with E-state index >= 15 is 0 Å². The van der Waals surface area contributed by atoms with Crippen molar-refractivity contribution >= 4 is 20.2 Å². The van der Waals surface area contributed by atoms with E-state index in [1.807, 2.05) is 0 Å². The quantitative estimate of drug-likeness (QED) is 0.364. The van der Waals surface area contributed by atoms with Gasteiger partial charge in [0, 0.05) is 0 Å². The van der Waals surface area contributed by atoms with Gasteiger partial charge in [-0.3, -0.25) is 9.11 Å². The van der Waals surface area contributed by atoms with E-state index in [0.29, 0.717) is 6.42 Å². The second-order valence-electron chi connectivity index (χ2n) is 5.86. The number of hydrogen-bond acceptors (Lipinski definition) is 4. The maximum absolute atomic E-state index is 11.1. The minimum Gasteiger partial charge on any atom is -0.286 e. The van der Waals surface area contributed by atoms with Crippen LogP contribution in [0.1, 0.15) is 77.6 Å². The van der Waals surface area contributed by atoms with E-state index in [9.17, 15) is 16.8 Å². The first-order chi connectivity index (χ1) is 10.2. The molecule has 0 fully saturated rings. The normalized spacial score (nSPS) is 14.1. The molecule has 0 spiro atoms. The highest BCUT2D eigenvalue weighted by atomic mass is 32.2. The molecule has 0 amide bonds. The van der Waals surface area contributed by atoms with Gasteiger partial charge in [0.2, 0.25) is 0 Å². The molecule has 2 N–H and O–H groups in total. The molecular formula is C14H30O6S2. The summed E-state index contributed by atoms with van der Waals surface area (Å²) in [5.74, 6) is -0.941. The van der Waals surface area contributed by atoms with Crippen LogP contribution in [0.2, 0.25) is 0 Å². The average Bonchev–Trinajstić information content (AvgIpc) is 2.37. The van der Waals surface area contributed by atoms with Crippen molar-refractivity contribution in [1.29, 1.82) is 0 Å². The second-order valence-corrected chi connectivity index (χ2v) is 9.05. The van der Waals surface area contributed by atoms with Gasteiger partial charge >= 0.3 is 0 Å². The zero-order valence-electron chi connectivity index (χ0n) is 13.4. The third-order valence-electron chi connectivity index (χ3n) is 3.70. The molecule has 0 bridgehead atoms. The maximum atomic E-state index is 11.1. The van der Waals surface area contributed by atoms with Gasteiger partial charge in [0.15, 0.2) is 0 Å². The first-order valence-electron chi connectivity index (χ1n) is 8.08. The highest BCUT2D eigenvalue weighted by molar-refractivity contribution is 7.90. The summed E-state index contributed by atoms with van der Waals surface area (Å²) in [6, 6.07) is 0. The molecule has 0 saturated heterocycles. The monoisotopic (exact) mass is 358 g/mol. The summed E-state index contributed by atoms with van der Waals surface area (Å²) in [5, 5.41) is -1.43. The van der Waals surface area contributed by atoms with E-state index in [2.05, 4.69) is 6.92 Å². The molecule has 22 heavy (non-hydrogen) atoms. The molecule has 0 aromatic carbocycles. The van der Waals surface area contributed by atoms with Crippen LogP contribution in [0.15, 0.2) is 0 Å². The standard InChI is InChI=1S/C14H30O6S2/c1-2-3-4-5-6-7-8-9-10-11-12-14(22(18,19)20)13-21(15,16)17/h14H,2-13H2,1H3,(H,15,16,17)(H,18,19,20). The lowest BCUT2D eigenvalue weighted by Crippen LogP contribution is -2.29. The minimum absolute atomic E-state index is 0.0507. The lowest BCUT2D eigenvalue weighted by molar-refractivity contribution is 0.448. The van der Waals surface area contributed by atoms with E-state index in [1.54, 1.807) is 0 Å². The summed E-state index contributed by atoms with van der Waals surface area (Å²) in [6.07, 6.45) is 10.9. The van der Waals surface area contributed by atoms with E-state index in [0.717, 1.165) is 25.7 Å². The Morgan fingerprint density at radius 1 is 0.727 bits per heavy atom. The summed E-state index contributed by atoms with van der Waals surface area (Å²) in [6.45, 7) is 2.18. The predicted molar refractivity (Wildman–Crippen MR) is 88.2 cm³/mol. The van der Waals surface area contributed by atoms with Gasteiger partial charge in [-0.05, 0) is 6.42 Å². The SMILES string of the molecule is CCCCCCCCCCCCC(CS(=O)(=O)O)S(=O)(=O)O. The molecule has 0 radical (unpaired) electrons. The molecule has 0 saturated carbocycles. The van der Waals surface area contributed by atoms with Crippen molar-refractivity contribution in [3.63, 3.8) is 0 Å². The van der Waals surface area contributed by atoms with E-state index < -0.39 is 31.2 Å². The summed E-state index contributed by atoms with van der Waals surface area (Å²) in [4.78, 5) is 0. The van der Waals surface area contributed by atoms with Crippen LogP contribution in [0.3, 0.4) is 0 Å². The van der Waals surface area contributed by atoms with Gasteiger partial charge < -0.3 is 0 Å². The maximum Gasteiger partial charge on any atom is 0.268 e. The summed E-state index contributed by atoms with van der Waals surface area (Å²) < 4.78 is 61.4. The van der Waals surface area contributed by atoms with Crippen LogP contribution < -0.4 is 0 Å². The molecule has 1 atom stereocenters. The van der Waals surface area contributed by atoms with Crippen LogP contribution in [0.25, 0.3) is 0 Å². The molecule has 0 aliphatic heterocycles. The molecule has 0 heterocycles. The molecule has 0 aliphatic rings. The van der Waals surface area contributed by atoms with Crippen molar-refractivity contribution in [2.45, 2.75) is 82.8 Å². The van der Waals surface area contributed by atoms with Gasteiger partial charge in [-0.25, -0.2) is 0 Å². The Labute approximate surface area is 135 Å². The molecule has 1 unspecified atom stereocenters. The van der Waals surface area contributed by atoms with Crippen LogP contribution >= 0.6 is 0 Å². The fourth-order valence-corrected chi connectivity index (χ4v) is 4.72. The highest BCUT2D eigenvalue weighted by Gasteiger charge is 2.27. The van der Waals surface area contributed by atoms with Crippen LogP contribution in [0, 0.1) is 0 Å². The van der Waals surface area contributed by atoms with Crippen molar-refractivity contribution in [3.05, 3.63) is 0 Å². The Morgan fingerprint density at radius 3 is 1.50 bits per heavy atom. The van der Waals surface area contributed by atoms with Gasteiger partial charge in [-0.1, -0.05) is 71.1 Å². The number of unbranched alkanes of at least 4 members (excludes halogenated alkanes) is 9. The van der Waals surface area contributed by atoms with Crippen molar-refractivity contribution < 1.29 is 25.9 Å². The van der Waals surface area contributed by atoms with E-state index in [4.69, 9.17) is 9.11 Å².